The van der Waals surface area contributed by atoms with Gasteiger partial charge in [0.2, 0.25) is 5.78 Å². The van der Waals surface area contributed by atoms with E-state index in [1.165, 1.54) is 83.7 Å². The summed E-state index contributed by atoms with van der Waals surface area (Å²) in [5.74, 6) is -0.251. The van der Waals surface area contributed by atoms with Crippen LogP contribution in [0.25, 0.3) is 0 Å². The number of benzene rings is 4. The van der Waals surface area contributed by atoms with Gasteiger partial charge in [-0.15, -0.1) is 0 Å². The molecule has 2 fully saturated rings. The van der Waals surface area contributed by atoms with Gasteiger partial charge in [-0.1, -0.05) is 98.9 Å². The van der Waals surface area contributed by atoms with Gasteiger partial charge in [0.1, 0.15) is 22.3 Å². The van der Waals surface area contributed by atoms with E-state index < -0.39 is 5.82 Å². The second-order valence-electron chi connectivity index (χ2n) is 16.2. The van der Waals surface area contributed by atoms with Crippen LogP contribution in [0, 0.1) is 11.6 Å². The number of nitrogen functional groups attached to an aromatic ring is 1. The van der Waals surface area contributed by atoms with Gasteiger partial charge in [0.25, 0.3) is 0 Å². The molecule has 0 saturated carbocycles. The van der Waals surface area contributed by atoms with Crippen molar-refractivity contribution in [3.05, 3.63) is 125 Å². The number of hydrogen-bond acceptors (Lipinski definition) is 12. The third-order valence-electron chi connectivity index (χ3n) is 11.7. The zero-order valence-corrected chi connectivity index (χ0v) is 45.5. The maximum absolute atomic E-state index is 13.5. The molecule has 2 aliphatic rings. The topological polar surface area (TPSA) is 148 Å². The Bertz CT molecular complexity index is 2440. The van der Waals surface area contributed by atoms with Crippen molar-refractivity contribution in [1.29, 1.82) is 0 Å². The Balaban J connectivity index is 0.000000395. The fourth-order valence-corrected chi connectivity index (χ4v) is 9.39. The third kappa shape index (κ3) is 19.4. The van der Waals surface area contributed by atoms with E-state index >= 15 is 0 Å². The monoisotopic (exact) mass is 1110 g/mol. The molecule has 7 rings (SSSR count). The Morgan fingerprint density at radius 1 is 0.775 bits per heavy atom. The maximum atomic E-state index is 13.5. The highest BCUT2D eigenvalue weighted by molar-refractivity contribution is 9.09. The number of aromatic nitrogens is 1. The van der Waals surface area contributed by atoms with Gasteiger partial charge >= 0.3 is 0 Å². The van der Waals surface area contributed by atoms with Gasteiger partial charge in [-0.2, -0.15) is 14.9 Å². The van der Waals surface area contributed by atoms with E-state index in [4.69, 9.17) is 23.7 Å². The van der Waals surface area contributed by atoms with Crippen LogP contribution in [0.5, 0.6) is 0 Å². The summed E-state index contributed by atoms with van der Waals surface area (Å²) in [5, 5.41) is 7.98. The Hall–Kier alpha value is -4.55. The molecule has 5 aromatic rings. The summed E-state index contributed by atoms with van der Waals surface area (Å²) in [7, 11) is 0. The molecule has 71 heavy (non-hydrogen) atoms. The number of nitrogens with one attached hydrogen (secondary N) is 2. The lowest BCUT2D eigenvalue weighted by Crippen LogP contribution is -2.49. The van der Waals surface area contributed by atoms with E-state index in [0.717, 1.165) is 69.5 Å². The lowest BCUT2D eigenvalue weighted by Gasteiger charge is -2.39. The Morgan fingerprint density at radius 2 is 1.24 bits per heavy atom. The number of nitrogens with zero attached hydrogens (tertiary/aromatic N) is 6. The number of anilines is 6. The van der Waals surface area contributed by atoms with Crippen molar-refractivity contribution in [2.24, 2.45) is 10.7 Å². The number of Topliss-reactive ketones (excluding diaryl/α,β-unsaturated/α-hetero) is 1. The molecule has 0 bridgehead atoms. The highest BCUT2D eigenvalue weighted by atomic mass is 79.9. The Labute approximate surface area is 446 Å². The van der Waals surface area contributed by atoms with Crippen molar-refractivity contribution in [1.82, 2.24) is 14.8 Å². The number of piperazine rings is 2. The number of hydrogen-bond donors (Lipinski definition) is 4. The first-order chi connectivity index (χ1) is 32.7. The summed E-state index contributed by atoms with van der Waals surface area (Å²) in [4.78, 5) is 42.3. The summed E-state index contributed by atoms with van der Waals surface area (Å²) in [6.45, 7) is 19.7. The molecule has 3 heterocycles. The number of alkyl halides is 1. The van der Waals surface area contributed by atoms with Crippen molar-refractivity contribution in [2.75, 3.05) is 89.6 Å². The van der Waals surface area contributed by atoms with E-state index in [1.807, 2.05) is 31.2 Å². The van der Waals surface area contributed by atoms with Crippen LogP contribution in [0.15, 0.2) is 102 Å². The van der Waals surface area contributed by atoms with Crippen molar-refractivity contribution < 1.29 is 18.4 Å². The SMILES string of the molecule is C.C.CCC(C)N1CCN(c2ccc(Nc3nc(N)c(C(=O)c4cccc(F)c4)s3)cc2)CC1.CCSC(N)=NC(=S)Nc1ccc(N2CCN(C(C)CC)CC2)cc1.O=C(CBr)c1cccc(F)c1.P. The van der Waals surface area contributed by atoms with E-state index in [9.17, 15) is 18.4 Å². The third-order valence-corrected chi connectivity index (χ3v) is 14.1. The van der Waals surface area contributed by atoms with Crippen LogP contribution in [-0.2, 0) is 0 Å². The number of carbonyl (C=O) groups excluding carboxylic acids is 2. The van der Waals surface area contributed by atoms with Crippen molar-refractivity contribution in [2.45, 2.75) is 74.4 Å². The molecule has 3 atom stereocenters. The largest absolute Gasteiger partial charge is 0.382 e. The van der Waals surface area contributed by atoms with Gasteiger partial charge < -0.3 is 31.9 Å². The van der Waals surface area contributed by atoms with Crippen LogP contribution in [0.1, 0.15) is 87.9 Å². The Kier molecular flexibility index (Phi) is 28.0. The van der Waals surface area contributed by atoms with Crippen molar-refractivity contribution in [3.63, 3.8) is 0 Å². The first-order valence-electron chi connectivity index (χ1n) is 22.9. The second-order valence-corrected chi connectivity index (χ2v) is 19.5. The van der Waals surface area contributed by atoms with Crippen molar-refractivity contribution in [3.8, 4) is 0 Å². The zero-order valence-electron chi connectivity index (χ0n) is 40.1. The van der Waals surface area contributed by atoms with Crippen molar-refractivity contribution >= 4 is 117 Å². The molecule has 0 spiro atoms. The average molecular weight is 1120 g/mol. The maximum Gasteiger partial charge on any atom is 0.206 e. The molecular weight excluding hydrogens is 1040 g/mol. The molecular formula is C52H74BrF2N10O2PS3. The number of thiazole rings is 1. The van der Waals surface area contributed by atoms with Gasteiger partial charge in [-0.3, -0.25) is 19.4 Å². The number of halogens is 3. The van der Waals surface area contributed by atoms with Crippen LogP contribution in [0.3, 0.4) is 0 Å². The van der Waals surface area contributed by atoms with Gasteiger partial charge in [-0.25, -0.2) is 13.8 Å². The quantitative estimate of drug-likeness (QED) is 0.0209. The lowest BCUT2D eigenvalue weighted by atomic mass is 10.1. The van der Waals surface area contributed by atoms with E-state index in [2.05, 4.69) is 108 Å². The summed E-state index contributed by atoms with van der Waals surface area (Å²) < 4.78 is 26.0. The molecule has 0 aliphatic carbocycles. The standard InChI is InChI=1S/C24H28FN5OS.C18H29N5S2.C8H6BrFO.2CH4.H3P/c1-3-16(2)29-11-13-30(14-12-29)20-9-7-19(8-10-20)27-24-28-23(26)22(32-24)21(31)17-5-4-6-18(25)15-17;1-4-14(3)22-10-12-23(13-11-22)16-8-6-15(7-9-16)20-18(24)21-17(19)25-5-2;9-5-8(11)6-2-1-3-7(10)4-6;;;/h4-10,15-16H,3,11-14,26H2,1-2H3,(H,27,28);6-9,14H,4-5,10-13H2,1-3H3,(H3,19,20,21,24);1-4H,5H2;2*1H4;1H3. The first kappa shape index (κ1) is 62.6. The average Bonchev–Trinajstić information content (AvgIpc) is 3.72. The summed E-state index contributed by atoms with van der Waals surface area (Å²) in [5.41, 5.74) is 16.7. The number of rotatable bonds is 14. The predicted molar refractivity (Wildman–Crippen MR) is 315 cm³/mol. The van der Waals surface area contributed by atoms with Crippen LogP contribution in [0.2, 0.25) is 0 Å². The minimum absolute atomic E-state index is 0. The van der Waals surface area contributed by atoms with Gasteiger partial charge in [0, 0.05) is 98.3 Å². The van der Waals surface area contributed by atoms with E-state index in [1.54, 1.807) is 12.1 Å². The number of aliphatic imine (C=N–C) groups is 1. The number of amidine groups is 1. The fourth-order valence-electron chi connectivity index (χ4n) is 7.47. The molecule has 1 aromatic heterocycles. The van der Waals surface area contributed by atoms with Gasteiger partial charge in [0.15, 0.2) is 21.2 Å². The number of nitrogens with two attached hydrogens (primary N) is 2. The van der Waals surface area contributed by atoms with Gasteiger partial charge in [0.05, 0.1) is 5.33 Å². The summed E-state index contributed by atoms with van der Waals surface area (Å²) in [6.07, 6.45) is 2.39. The molecule has 4 aromatic carbocycles. The predicted octanol–water partition coefficient (Wildman–Crippen LogP) is 11.9. The van der Waals surface area contributed by atoms with Gasteiger partial charge in [-0.05, 0) is 117 Å². The number of thiocarbonyl (C=S) groups is 1. The molecule has 0 amide bonds. The molecule has 2 saturated heterocycles. The van der Waals surface area contributed by atoms with E-state index in [-0.39, 0.29) is 58.8 Å². The fraction of sp³-hybridized carbons (Fsp3) is 0.404. The van der Waals surface area contributed by atoms with E-state index in [0.29, 0.717) is 37.9 Å². The highest BCUT2D eigenvalue weighted by Crippen LogP contribution is 2.31. The molecule has 388 valence electrons. The molecule has 0 radical (unpaired) electrons. The number of carbonyl (C=O) groups is 2. The second kappa shape index (κ2) is 31.8. The lowest BCUT2D eigenvalue weighted by molar-refractivity contribution is 0.102. The molecule has 3 unspecified atom stereocenters. The summed E-state index contributed by atoms with van der Waals surface area (Å²) in [6, 6.07) is 29.1. The van der Waals surface area contributed by atoms with Crippen LogP contribution >= 0.6 is 61.1 Å². The molecule has 12 nitrogen and oxygen atoms in total. The van der Waals surface area contributed by atoms with Crippen LogP contribution < -0.4 is 31.9 Å². The van der Waals surface area contributed by atoms with Crippen LogP contribution in [-0.4, -0.2) is 112 Å². The number of thioether (sulfide) groups is 1. The molecule has 2 aliphatic heterocycles. The minimum Gasteiger partial charge on any atom is -0.382 e. The molecule has 19 heteroatoms. The normalized spacial score (nSPS) is 14.6. The zero-order chi connectivity index (χ0) is 49.2. The Morgan fingerprint density at radius 3 is 1.69 bits per heavy atom. The minimum atomic E-state index is -0.460. The smallest absolute Gasteiger partial charge is 0.206 e. The first-order valence-corrected chi connectivity index (χ1v) is 26.2. The van der Waals surface area contributed by atoms with Crippen LogP contribution in [0.4, 0.5) is 42.5 Å². The molecule has 6 N–H and O–H groups in total. The number of ketones is 2. The summed E-state index contributed by atoms with van der Waals surface area (Å²) >= 11 is 10.9. The highest BCUT2D eigenvalue weighted by Gasteiger charge is 2.22.